The predicted molar refractivity (Wildman–Crippen MR) is 52.5 cm³/mol. The van der Waals surface area contributed by atoms with Crippen molar-refractivity contribution in [2.75, 3.05) is 13.1 Å². The number of amides is 3. The third-order valence-electron chi connectivity index (χ3n) is 2.37. The van der Waals surface area contributed by atoms with Gasteiger partial charge in [-0.05, 0) is 12.3 Å². The summed E-state index contributed by atoms with van der Waals surface area (Å²) in [5, 5.41) is 2.70. The van der Waals surface area contributed by atoms with Gasteiger partial charge in [0, 0.05) is 13.1 Å². The molecule has 1 saturated heterocycles. The summed E-state index contributed by atoms with van der Waals surface area (Å²) in [4.78, 5) is 24.2. The van der Waals surface area contributed by atoms with Gasteiger partial charge in [-0.1, -0.05) is 13.8 Å². The minimum Gasteiger partial charge on any atom is -0.368 e. The van der Waals surface area contributed by atoms with Gasteiger partial charge in [-0.25, -0.2) is 4.79 Å². The standard InChI is InChI=1S/C9H17N3O2/c1-6(2)7(8(10)13)12-5-3-4-11-9(12)14/h6-7H,3-5H2,1-2H3,(H2,10,13)(H,11,14)/t7-/m1/s1. The molecule has 0 aromatic heterocycles. The molecule has 14 heavy (non-hydrogen) atoms. The second kappa shape index (κ2) is 4.30. The summed E-state index contributed by atoms with van der Waals surface area (Å²) in [7, 11) is 0. The van der Waals surface area contributed by atoms with E-state index in [9.17, 15) is 9.59 Å². The predicted octanol–water partition coefficient (Wildman–Crippen LogP) is -0.0884. The van der Waals surface area contributed by atoms with Crippen LogP contribution >= 0.6 is 0 Å². The molecule has 0 aromatic rings. The van der Waals surface area contributed by atoms with E-state index in [0.717, 1.165) is 6.42 Å². The molecule has 1 rings (SSSR count). The summed E-state index contributed by atoms with van der Waals surface area (Å²) in [5.74, 6) is -0.381. The fraction of sp³-hybridized carbons (Fsp3) is 0.778. The quantitative estimate of drug-likeness (QED) is 0.666. The van der Waals surface area contributed by atoms with Crippen molar-refractivity contribution in [1.29, 1.82) is 0 Å². The molecule has 1 aliphatic rings. The van der Waals surface area contributed by atoms with E-state index in [1.165, 1.54) is 4.90 Å². The second-order valence-electron chi connectivity index (χ2n) is 3.87. The topological polar surface area (TPSA) is 75.4 Å². The average Bonchev–Trinajstić information content (AvgIpc) is 2.07. The Hall–Kier alpha value is -1.26. The number of nitrogens with zero attached hydrogens (tertiary/aromatic N) is 1. The number of hydrogen-bond donors (Lipinski definition) is 2. The van der Waals surface area contributed by atoms with Crippen molar-refractivity contribution in [2.24, 2.45) is 11.7 Å². The molecule has 3 N–H and O–H groups in total. The van der Waals surface area contributed by atoms with Crippen LogP contribution in [0.3, 0.4) is 0 Å². The fourth-order valence-electron chi connectivity index (χ4n) is 1.76. The Bertz CT molecular complexity index is 240. The smallest absolute Gasteiger partial charge is 0.318 e. The minimum atomic E-state index is -0.490. The molecule has 0 radical (unpaired) electrons. The van der Waals surface area contributed by atoms with Gasteiger partial charge >= 0.3 is 6.03 Å². The first-order valence-corrected chi connectivity index (χ1v) is 4.88. The molecule has 5 heteroatoms. The molecule has 1 fully saturated rings. The molecule has 0 saturated carbocycles. The van der Waals surface area contributed by atoms with E-state index in [2.05, 4.69) is 5.32 Å². The monoisotopic (exact) mass is 199 g/mol. The summed E-state index contributed by atoms with van der Waals surface area (Å²) in [5.41, 5.74) is 5.27. The molecule has 3 amide bonds. The maximum Gasteiger partial charge on any atom is 0.318 e. The lowest BCUT2D eigenvalue weighted by Gasteiger charge is -2.35. The Kier molecular flexibility index (Phi) is 3.33. The van der Waals surface area contributed by atoms with Crippen LogP contribution in [0.1, 0.15) is 20.3 Å². The zero-order valence-electron chi connectivity index (χ0n) is 8.62. The second-order valence-corrected chi connectivity index (χ2v) is 3.87. The Balaban J connectivity index is 2.75. The fourth-order valence-corrected chi connectivity index (χ4v) is 1.76. The summed E-state index contributed by atoms with van der Waals surface area (Å²) in [6, 6.07) is -0.677. The van der Waals surface area contributed by atoms with Gasteiger partial charge in [0.25, 0.3) is 0 Å². The first-order chi connectivity index (χ1) is 6.54. The SMILES string of the molecule is CC(C)[C@H](C(N)=O)N1CCCNC1=O. The van der Waals surface area contributed by atoms with Gasteiger partial charge in [-0.2, -0.15) is 0 Å². The minimum absolute atomic E-state index is 0.0522. The molecule has 0 aliphatic carbocycles. The first kappa shape index (κ1) is 10.8. The zero-order valence-corrected chi connectivity index (χ0v) is 8.62. The molecule has 1 heterocycles. The Morgan fingerprint density at radius 2 is 2.21 bits per heavy atom. The van der Waals surface area contributed by atoms with Crippen LogP contribution in [-0.4, -0.2) is 36.0 Å². The number of carbonyl (C=O) groups is 2. The van der Waals surface area contributed by atoms with Gasteiger partial charge in [0.1, 0.15) is 6.04 Å². The Morgan fingerprint density at radius 1 is 1.57 bits per heavy atom. The molecule has 0 spiro atoms. The third kappa shape index (κ3) is 2.16. The molecule has 0 unspecified atom stereocenters. The first-order valence-electron chi connectivity index (χ1n) is 4.88. The number of nitrogens with one attached hydrogen (secondary N) is 1. The van der Waals surface area contributed by atoms with E-state index in [4.69, 9.17) is 5.73 Å². The van der Waals surface area contributed by atoms with Crippen molar-refractivity contribution >= 4 is 11.9 Å². The highest BCUT2D eigenvalue weighted by molar-refractivity contribution is 5.86. The number of rotatable bonds is 3. The van der Waals surface area contributed by atoms with Crippen molar-refractivity contribution in [2.45, 2.75) is 26.3 Å². The lowest BCUT2D eigenvalue weighted by atomic mass is 10.0. The van der Waals surface area contributed by atoms with Crippen molar-refractivity contribution < 1.29 is 9.59 Å². The van der Waals surface area contributed by atoms with Crippen LogP contribution in [0.25, 0.3) is 0 Å². The lowest BCUT2D eigenvalue weighted by Crippen LogP contribution is -2.57. The maximum absolute atomic E-state index is 11.5. The van der Waals surface area contributed by atoms with E-state index in [0.29, 0.717) is 13.1 Å². The number of nitrogens with two attached hydrogens (primary N) is 1. The normalized spacial score (nSPS) is 19.4. The highest BCUT2D eigenvalue weighted by atomic mass is 16.2. The number of hydrogen-bond acceptors (Lipinski definition) is 2. The molecule has 1 aliphatic heterocycles. The zero-order chi connectivity index (χ0) is 10.7. The lowest BCUT2D eigenvalue weighted by molar-refractivity contribution is -0.123. The van der Waals surface area contributed by atoms with Crippen molar-refractivity contribution in [3.05, 3.63) is 0 Å². The van der Waals surface area contributed by atoms with Crippen molar-refractivity contribution in [1.82, 2.24) is 10.2 Å². The van der Waals surface area contributed by atoms with E-state index in [1.807, 2.05) is 13.8 Å². The van der Waals surface area contributed by atoms with E-state index < -0.39 is 11.9 Å². The van der Waals surface area contributed by atoms with Gasteiger partial charge in [-0.15, -0.1) is 0 Å². The molecular formula is C9H17N3O2. The van der Waals surface area contributed by atoms with Gasteiger partial charge in [0.2, 0.25) is 5.91 Å². The molecule has 5 nitrogen and oxygen atoms in total. The summed E-state index contributed by atoms with van der Waals surface area (Å²) in [6.07, 6.45) is 0.863. The van der Waals surface area contributed by atoms with Crippen LogP contribution in [0.15, 0.2) is 0 Å². The van der Waals surface area contributed by atoms with Crippen LogP contribution in [0.2, 0.25) is 0 Å². The van der Waals surface area contributed by atoms with Crippen LogP contribution in [0.5, 0.6) is 0 Å². The van der Waals surface area contributed by atoms with Crippen LogP contribution < -0.4 is 11.1 Å². The molecule has 0 bridgehead atoms. The van der Waals surface area contributed by atoms with E-state index in [-0.39, 0.29) is 11.9 Å². The largest absolute Gasteiger partial charge is 0.368 e. The Labute approximate surface area is 83.6 Å². The number of primary amides is 1. The highest BCUT2D eigenvalue weighted by Crippen LogP contribution is 2.13. The van der Waals surface area contributed by atoms with Crippen molar-refractivity contribution in [3.63, 3.8) is 0 Å². The molecule has 0 aromatic carbocycles. The van der Waals surface area contributed by atoms with Gasteiger partial charge in [0.15, 0.2) is 0 Å². The summed E-state index contributed by atoms with van der Waals surface area (Å²) < 4.78 is 0. The Morgan fingerprint density at radius 3 is 2.64 bits per heavy atom. The highest BCUT2D eigenvalue weighted by Gasteiger charge is 2.31. The summed E-state index contributed by atoms with van der Waals surface area (Å²) in [6.45, 7) is 5.06. The van der Waals surface area contributed by atoms with Gasteiger partial charge in [-0.3, -0.25) is 4.79 Å². The number of carbonyl (C=O) groups excluding carboxylic acids is 2. The van der Waals surface area contributed by atoms with Crippen molar-refractivity contribution in [3.8, 4) is 0 Å². The average molecular weight is 199 g/mol. The van der Waals surface area contributed by atoms with E-state index >= 15 is 0 Å². The van der Waals surface area contributed by atoms with Crippen LogP contribution in [0.4, 0.5) is 4.79 Å². The van der Waals surface area contributed by atoms with E-state index in [1.54, 1.807) is 0 Å². The number of urea groups is 1. The van der Waals surface area contributed by atoms with Gasteiger partial charge < -0.3 is 16.0 Å². The molecular weight excluding hydrogens is 182 g/mol. The third-order valence-corrected chi connectivity index (χ3v) is 2.37. The maximum atomic E-state index is 11.5. The molecule has 80 valence electrons. The van der Waals surface area contributed by atoms with Crippen LogP contribution in [-0.2, 0) is 4.79 Å². The molecule has 1 atom stereocenters. The summed E-state index contributed by atoms with van der Waals surface area (Å²) >= 11 is 0. The van der Waals surface area contributed by atoms with Crippen LogP contribution in [0, 0.1) is 5.92 Å². The van der Waals surface area contributed by atoms with Gasteiger partial charge in [0.05, 0.1) is 0 Å².